The Balaban J connectivity index is 1.20. The van der Waals surface area contributed by atoms with Crippen LogP contribution < -0.4 is 15.5 Å². The third-order valence-electron chi connectivity index (χ3n) is 7.55. The third-order valence-corrected chi connectivity index (χ3v) is 8.10. The Morgan fingerprint density at radius 1 is 0.949 bits per heavy atom. The van der Waals surface area contributed by atoms with Crippen molar-refractivity contribution in [2.45, 2.75) is 43.9 Å². The van der Waals surface area contributed by atoms with Crippen molar-refractivity contribution >= 4 is 51.4 Å². The Morgan fingerprint density at radius 3 is 2.31 bits per heavy atom. The van der Waals surface area contributed by atoms with E-state index in [1.54, 1.807) is 12.1 Å². The van der Waals surface area contributed by atoms with Crippen molar-refractivity contribution in [3.05, 3.63) is 63.8 Å². The van der Waals surface area contributed by atoms with E-state index in [0.29, 0.717) is 52.4 Å². The summed E-state index contributed by atoms with van der Waals surface area (Å²) in [6, 6.07) is 11.2. The number of nitrogens with one attached hydrogen (secondary N) is 2. The summed E-state index contributed by atoms with van der Waals surface area (Å²) in [6.07, 6.45) is -1.80. The normalized spacial score (nSPS) is 20.7. The number of fused-ring (bicyclic) bond motifs is 1. The lowest BCUT2D eigenvalue weighted by atomic mass is 9.90. The molecule has 1 saturated carbocycles. The van der Waals surface area contributed by atoms with E-state index in [2.05, 4.69) is 32.5 Å². The smallest absolute Gasteiger partial charge is 0.382 e. The van der Waals surface area contributed by atoms with Crippen LogP contribution in [0.4, 0.5) is 24.5 Å². The minimum atomic E-state index is -4.56. The van der Waals surface area contributed by atoms with Gasteiger partial charge in [-0.2, -0.15) is 13.2 Å². The summed E-state index contributed by atoms with van der Waals surface area (Å²) in [5, 5.41) is 7.75. The molecular weight excluding hydrogens is 550 g/mol. The number of piperazine rings is 1. The Labute approximate surface area is 235 Å². The summed E-state index contributed by atoms with van der Waals surface area (Å²) in [7, 11) is 2.10. The molecule has 1 aliphatic heterocycles. The Kier molecular flexibility index (Phi) is 8.12. The molecule has 2 N–H and O–H groups in total. The number of carbonyl (C=O) groups excluding carboxylic acids is 1. The molecule has 1 aliphatic carbocycles. The first-order valence-corrected chi connectivity index (χ1v) is 13.8. The fourth-order valence-electron chi connectivity index (χ4n) is 5.28. The van der Waals surface area contributed by atoms with Gasteiger partial charge < -0.3 is 20.4 Å². The monoisotopic (exact) mass is 579 g/mol. The van der Waals surface area contributed by atoms with Gasteiger partial charge in [-0.25, -0.2) is 4.98 Å². The zero-order valence-electron chi connectivity index (χ0n) is 21.5. The van der Waals surface area contributed by atoms with Gasteiger partial charge in [0, 0.05) is 60.0 Å². The van der Waals surface area contributed by atoms with E-state index in [9.17, 15) is 18.0 Å². The van der Waals surface area contributed by atoms with E-state index in [0.717, 1.165) is 37.9 Å². The van der Waals surface area contributed by atoms with Crippen LogP contribution >= 0.6 is 23.2 Å². The van der Waals surface area contributed by atoms with Gasteiger partial charge in [0.2, 0.25) is 0 Å². The Hall–Kier alpha value is -2.75. The lowest BCUT2D eigenvalue weighted by Crippen LogP contribution is -2.44. The second-order valence-corrected chi connectivity index (χ2v) is 11.2. The average molecular weight is 580 g/mol. The number of amides is 1. The molecule has 0 unspecified atom stereocenters. The maximum Gasteiger partial charge on any atom is 0.433 e. The first-order chi connectivity index (χ1) is 18.6. The number of nitrogens with zero attached hydrogens (tertiary/aromatic N) is 3. The Bertz CT molecular complexity index is 1350. The predicted molar refractivity (Wildman–Crippen MR) is 150 cm³/mol. The molecule has 1 saturated heterocycles. The largest absolute Gasteiger partial charge is 0.433 e. The fourth-order valence-corrected chi connectivity index (χ4v) is 5.71. The minimum Gasteiger partial charge on any atom is -0.382 e. The molecule has 11 heteroatoms. The van der Waals surface area contributed by atoms with Gasteiger partial charge in [-0.1, -0.05) is 23.2 Å². The van der Waals surface area contributed by atoms with Crippen LogP contribution in [0, 0.1) is 0 Å². The number of alkyl halides is 3. The van der Waals surface area contributed by atoms with Gasteiger partial charge in [-0.3, -0.25) is 4.79 Å². The van der Waals surface area contributed by atoms with Gasteiger partial charge >= 0.3 is 6.18 Å². The second kappa shape index (κ2) is 11.4. The van der Waals surface area contributed by atoms with Crippen LogP contribution in [0.25, 0.3) is 10.9 Å². The highest BCUT2D eigenvalue weighted by molar-refractivity contribution is 6.34. The summed E-state index contributed by atoms with van der Waals surface area (Å²) in [5.74, 6) is -0.217. The molecule has 2 heterocycles. The fraction of sp³-hybridized carbons (Fsp3) is 0.429. The molecule has 0 bridgehead atoms. The van der Waals surface area contributed by atoms with Crippen LogP contribution in [0.1, 0.15) is 41.7 Å². The standard InChI is InChI=1S/C28H30Cl2F3N5O/c1-37-10-12-38(13-11-37)20-7-8-21(23(30)15-20)27(39)35-19-5-3-18(4-6-19)34-25-16-26(28(31,32)33)36-24-9-2-17(29)14-22(24)25/h2,7-9,14-16,18-19H,3-6,10-13H2,1H3,(H,34,36)(H,35,39). The summed E-state index contributed by atoms with van der Waals surface area (Å²) < 4.78 is 40.4. The molecule has 0 radical (unpaired) electrons. The lowest BCUT2D eigenvalue weighted by Gasteiger charge is -2.34. The zero-order valence-corrected chi connectivity index (χ0v) is 23.0. The van der Waals surface area contributed by atoms with Crippen molar-refractivity contribution in [3.8, 4) is 0 Å². The van der Waals surface area contributed by atoms with Crippen LogP contribution in [0.5, 0.6) is 0 Å². The number of benzene rings is 2. The number of pyridine rings is 1. The van der Waals surface area contributed by atoms with E-state index < -0.39 is 11.9 Å². The van der Waals surface area contributed by atoms with Crippen LogP contribution in [-0.2, 0) is 6.18 Å². The average Bonchev–Trinajstić information content (AvgIpc) is 2.89. The van der Waals surface area contributed by atoms with Gasteiger partial charge in [0.15, 0.2) is 0 Å². The van der Waals surface area contributed by atoms with Gasteiger partial charge in [0.05, 0.1) is 16.1 Å². The van der Waals surface area contributed by atoms with Gasteiger partial charge in [-0.05, 0) is 75.2 Å². The SMILES string of the molecule is CN1CCN(c2ccc(C(=O)NC3CCC(Nc4cc(C(F)(F)F)nc5ccc(Cl)cc45)CC3)c(Cl)c2)CC1. The van der Waals surface area contributed by atoms with Crippen LogP contribution in [-0.4, -0.2) is 61.1 Å². The van der Waals surface area contributed by atoms with Crippen molar-refractivity contribution in [3.63, 3.8) is 0 Å². The van der Waals surface area contributed by atoms with E-state index >= 15 is 0 Å². The lowest BCUT2D eigenvalue weighted by molar-refractivity contribution is -0.140. The molecule has 39 heavy (non-hydrogen) atoms. The number of hydrogen-bond acceptors (Lipinski definition) is 5. The topological polar surface area (TPSA) is 60.5 Å². The predicted octanol–water partition coefficient (Wildman–Crippen LogP) is 6.47. The second-order valence-electron chi connectivity index (χ2n) is 10.3. The molecular formula is C28H30Cl2F3N5O. The molecule has 3 aromatic rings. The van der Waals surface area contributed by atoms with Crippen LogP contribution in [0.2, 0.25) is 10.0 Å². The molecule has 0 spiro atoms. The zero-order chi connectivity index (χ0) is 27.7. The van der Waals surface area contributed by atoms with E-state index in [4.69, 9.17) is 23.2 Å². The highest BCUT2D eigenvalue weighted by Crippen LogP contribution is 2.35. The van der Waals surface area contributed by atoms with E-state index in [1.165, 1.54) is 12.1 Å². The number of hydrogen-bond donors (Lipinski definition) is 2. The maximum atomic E-state index is 13.5. The molecule has 5 rings (SSSR count). The van der Waals surface area contributed by atoms with Gasteiger partial charge in [-0.15, -0.1) is 0 Å². The maximum absolute atomic E-state index is 13.5. The summed E-state index contributed by atoms with van der Waals surface area (Å²) in [6.45, 7) is 3.78. The number of halogens is 5. The van der Waals surface area contributed by atoms with Gasteiger partial charge in [0.1, 0.15) is 5.69 Å². The summed E-state index contributed by atoms with van der Waals surface area (Å²) in [4.78, 5) is 21.3. The minimum absolute atomic E-state index is 0.0433. The molecule has 2 aliphatic rings. The number of anilines is 2. The number of likely N-dealkylation sites (N-methyl/N-ethyl adjacent to an activating group) is 1. The molecule has 1 aromatic heterocycles. The van der Waals surface area contributed by atoms with Crippen molar-refractivity contribution in [2.24, 2.45) is 0 Å². The Morgan fingerprint density at radius 2 is 1.64 bits per heavy atom. The molecule has 0 atom stereocenters. The quantitative estimate of drug-likeness (QED) is 0.363. The van der Waals surface area contributed by atoms with Crippen molar-refractivity contribution in [1.29, 1.82) is 0 Å². The summed E-state index contributed by atoms with van der Waals surface area (Å²) in [5.41, 5.74) is 1.09. The molecule has 6 nitrogen and oxygen atoms in total. The molecule has 1 amide bonds. The first kappa shape index (κ1) is 27.8. The van der Waals surface area contributed by atoms with E-state index in [1.807, 2.05) is 12.1 Å². The molecule has 208 valence electrons. The molecule has 2 fully saturated rings. The highest BCUT2D eigenvalue weighted by atomic mass is 35.5. The number of carbonyl (C=O) groups is 1. The van der Waals surface area contributed by atoms with Crippen molar-refractivity contribution in [1.82, 2.24) is 15.2 Å². The van der Waals surface area contributed by atoms with Crippen LogP contribution in [0.15, 0.2) is 42.5 Å². The van der Waals surface area contributed by atoms with Crippen molar-refractivity contribution in [2.75, 3.05) is 43.4 Å². The number of aromatic nitrogens is 1. The van der Waals surface area contributed by atoms with E-state index in [-0.39, 0.29) is 23.5 Å². The molecule has 2 aromatic carbocycles. The van der Waals surface area contributed by atoms with Gasteiger partial charge in [0.25, 0.3) is 5.91 Å². The summed E-state index contributed by atoms with van der Waals surface area (Å²) >= 11 is 12.6. The van der Waals surface area contributed by atoms with Crippen LogP contribution in [0.3, 0.4) is 0 Å². The van der Waals surface area contributed by atoms with Crippen molar-refractivity contribution < 1.29 is 18.0 Å². The highest BCUT2D eigenvalue weighted by Gasteiger charge is 2.34. The first-order valence-electron chi connectivity index (χ1n) is 13.0. The third kappa shape index (κ3) is 6.53. The number of rotatable bonds is 5.